The lowest BCUT2D eigenvalue weighted by atomic mass is 10.0. The average molecular weight is 353 g/mol. The predicted molar refractivity (Wildman–Crippen MR) is 83.0 cm³/mol. The van der Waals surface area contributed by atoms with Crippen molar-refractivity contribution >= 4 is 21.7 Å². The first-order valence-electron chi connectivity index (χ1n) is 6.48. The van der Waals surface area contributed by atoms with Crippen molar-refractivity contribution in [2.75, 3.05) is 20.8 Å². The number of hydrogen-bond acceptors (Lipinski definition) is 4. The number of methoxy groups -OCH3 is 2. The van der Waals surface area contributed by atoms with Gasteiger partial charge in [-0.1, -0.05) is 11.6 Å². The smallest absolute Gasteiger partial charge is 0.215 e. The van der Waals surface area contributed by atoms with Crippen LogP contribution in [-0.4, -0.2) is 36.4 Å². The highest BCUT2D eigenvalue weighted by atomic mass is 79.9. The number of rotatable bonds is 6. The maximum Gasteiger partial charge on any atom is 0.215 e. The molecule has 6 heteroatoms. The Morgan fingerprint density at radius 2 is 2.14 bits per heavy atom. The molecule has 1 aromatic carbocycles. The number of carbonyl (C=O) groups is 1. The van der Waals surface area contributed by atoms with Crippen LogP contribution in [0, 0.1) is 6.92 Å². The van der Waals surface area contributed by atoms with E-state index in [1.807, 2.05) is 19.1 Å². The van der Waals surface area contributed by atoms with Gasteiger partial charge in [0.05, 0.1) is 36.5 Å². The van der Waals surface area contributed by atoms with E-state index in [1.165, 1.54) is 0 Å². The molecule has 0 bridgehead atoms. The number of aryl methyl sites for hydroxylation is 1. The molecule has 0 spiro atoms. The monoisotopic (exact) mass is 352 g/mol. The van der Waals surface area contributed by atoms with Gasteiger partial charge in [-0.05, 0) is 35.0 Å². The number of aromatic nitrogens is 2. The second kappa shape index (κ2) is 6.87. The molecule has 0 saturated carbocycles. The molecule has 0 fully saturated rings. The molecular formula is C15H17BrN2O3. The van der Waals surface area contributed by atoms with Crippen molar-refractivity contribution in [3.8, 4) is 5.75 Å². The van der Waals surface area contributed by atoms with E-state index < -0.39 is 0 Å². The fourth-order valence-corrected chi connectivity index (χ4v) is 2.54. The lowest BCUT2D eigenvalue weighted by Gasteiger charge is -2.11. The molecule has 21 heavy (non-hydrogen) atoms. The molecule has 5 nitrogen and oxygen atoms in total. The quantitative estimate of drug-likeness (QED) is 0.750. The zero-order valence-corrected chi connectivity index (χ0v) is 13.8. The number of nitrogens with zero attached hydrogens (tertiary/aromatic N) is 2. The minimum atomic E-state index is -0.129. The molecule has 2 aromatic rings. The van der Waals surface area contributed by atoms with Crippen molar-refractivity contribution in [1.82, 2.24) is 9.78 Å². The molecule has 0 unspecified atom stereocenters. The van der Waals surface area contributed by atoms with Gasteiger partial charge in [-0.2, -0.15) is 5.10 Å². The Balaban J connectivity index is 2.45. The Morgan fingerprint density at radius 3 is 2.81 bits per heavy atom. The third-order valence-corrected chi connectivity index (χ3v) is 3.70. The normalized spacial score (nSPS) is 10.7. The van der Waals surface area contributed by atoms with Gasteiger partial charge in [0.15, 0.2) is 0 Å². The summed E-state index contributed by atoms with van der Waals surface area (Å²) in [4.78, 5) is 12.8. The predicted octanol–water partition coefficient (Wildman–Crippen LogP) is 2.84. The lowest BCUT2D eigenvalue weighted by molar-refractivity contribution is 0.102. The zero-order valence-electron chi connectivity index (χ0n) is 12.2. The van der Waals surface area contributed by atoms with E-state index in [9.17, 15) is 4.79 Å². The zero-order chi connectivity index (χ0) is 15.4. The Kier molecular flexibility index (Phi) is 5.14. The minimum Gasteiger partial charge on any atom is -0.496 e. The maximum absolute atomic E-state index is 12.8. The Hall–Kier alpha value is -1.66. The van der Waals surface area contributed by atoms with Crippen LogP contribution in [0.15, 0.2) is 28.9 Å². The molecule has 2 rings (SSSR count). The van der Waals surface area contributed by atoms with Gasteiger partial charge in [-0.25, -0.2) is 0 Å². The van der Waals surface area contributed by atoms with Crippen molar-refractivity contribution in [3.05, 3.63) is 45.7 Å². The number of carbonyl (C=O) groups excluding carboxylic acids is 1. The Bertz CT molecular complexity index is 652. The molecule has 0 radical (unpaired) electrons. The number of ether oxygens (including phenoxy) is 2. The molecule has 0 atom stereocenters. The van der Waals surface area contributed by atoms with Gasteiger partial charge >= 0.3 is 0 Å². The van der Waals surface area contributed by atoms with Crippen LogP contribution in [-0.2, 0) is 11.3 Å². The van der Waals surface area contributed by atoms with E-state index in [0.29, 0.717) is 34.6 Å². The summed E-state index contributed by atoms with van der Waals surface area (Å²) in [6.07, 6.45) is 1.62. The molecular weight excluding hydrogens is 336 g/mol. The first kappa shape index (κ1) is 15.7. The summed E-state index contributed by atoms with van der Waals surface area (Å²) in [6, 6.07) is 5.53. The van der Waals surface area contributed by atoms with Crippen LogP contribution in [0.2, 0.25) is 0 Å². The summed E-state index contributed by atoms with van der Waals surface area (Å²) in [5.41, 5.74) is 2.02. The van der Waals surface area contributed by atoms with Crippen LogP contribution in [0.5, 0.6) is 5.75 Å². The molecule has 0 N–H and O–H groups in total. The first-order valence-corrected chi connectivity index (χ1v) is 7.27. The summed E-state index contributed by atoms with van der Waals surface area (Å²) in [7, 11) is 3.17. The van der Waals surface area contributed by atoms with Crippen LogP contribution in [0.25, 0.3) is 0 Å². The van der Waals surface area contributed by atoms with Crippen LogP contribution in [0.1, 0.15) is 21.6 Å². The topological polar surface area (TPSA) is 53.4 Å². The van der Waals surface area contributed by atoms with Crippen LogP contribution < -0.4 is 4.74 Å². The van der Waals surface area contributed by atoms with Gasteiger partial charge in [0.25, 0.3) is 0 Å². The molecule has 0 amide bonds. The second-order valence-corrected chi connectivity index (χ2v) is 5.44. The fraction of sp³-hybridized carbons (Fsp3) is 0.333. The highest BCUT2D eigenvalue weighted by Gasteiger charge is 2.22. The molecule has 112 valence electrons. The van der Waals surface area contributed by atoms with E-state index in [0.717, 1.165) is 5.56 Å². The lowest BCUT2D eigenvalue weighted by Crippen LogP contribution is -2.15. The van der Waals surface area contributed by atoms with Gasteiger partial charge in [0.1, 0.15) is 11.4 Å². The molecule has 0 aliphatic rings. The van der Waals surface area contributed by atoms with Crippen molar-refractivity contribution in [3.63, 3.8) is 0 Å². The third kappa shape index (κ3) is 3.33. The summed E-state index contributed by atoms with van der Waals surface area (Å²) >= 11 is 3.39. The van der Waals surface area contributed by atoms with Crippen molar-refractivity contribution in [1.29, 1.82) is 0 Å². The molecule has 0 aliphatic carbocycles. The van der Waals surface area contributed by atoms with Crippen molar-refractivity contribution in [2.24, 2.45) is 0 Å². The van der Waals surface area contributed by atoms with E-state index >= 15 is 0 Å². The average Bonchev–Trinajstić information content (AvgIpc) is 2.85. The van der Waals surface area contributed by atoms with Crippen LogP contribution in [0.4, 0.5) is 0 Å². The maximum atomic E-state index is 12.8. The second-order valence-electron chi connectivity index (χ2n) is 4.59. The van der Waals surface area contributed by atoms with Crippen LogP contribution in [0.3, 0.4) is 0 Å². The number of benzene rings is 1. The van der Waals surface area contributed by atoms with Gasteiger partial charge in [0, 0.05) is 7.11 Å². The first-order chi connectivity index (χ1) is 10.1. The molecule has 0 saturated heterocycles. The molecule has 0 aliphatic heterocycles. The highest BCUT2D eigenvalue weighted by Crippen LogP contribution is 2.26. The number of ketones is 1. The number of hydrogen-bond donors (Lipinski definition) is 0. The summed E-state index contributed by atoms with van der Waals surface area (Å²) in [5.74, 6) is 0.424. The van der Waals surface area contributed by atoms with E-state index in [4.69, 9.17) is 9.47 Å². The van der Waals surface area contributed by atoms with Crippen LogP contribution >= 0.6 is 15.9 Å². The van der Waals surface area contributed by atoms with Gasteiger partial charge in [-0.3, -0.25) is 9.48 Å². The Labute approximate surface area is 132 Å². The minimum absolute atomic E-state index is 0.129. The molecule has 1 heterocycles. The highest BCUT2D eigenvalue weighted by molar-refractivity contribution is 9.10. The van der Waals surface area contributed by atoms with Gasteiger partial charge < -0.3 is 9.47 Å². The summed E-state index contributed by atoms with van der Waals surface area (Å²) in [5, 5.41) is 4.21. The summed E-state index contributed by atoms with van der Waals surface area (Å²) in [6.45, 7) is 2.93. The Morgan fingerprint density at radius 1 is 1.38 bits per heavy atom. The third-order valence-electron chi connectivity index (χ3n) is 3.12. The largest absolute Gasteiger partial charge is 0.496 e. The van der Waals surface area contributed by atoms with Crippen molar-refractivity contribution in [2.45, 2.75) is 13.5 Å². The standard InChI is InChI=1S/C15H17BrN2O3/c1-10-4-5-13(21-3)11(8-10)15(19)14-12(16)9-17-18(14)6-7-20-2/h4-5,8-9H,6-7H2,1-3H3. The van der Waals surface area contributed by atoms with Gasteiger partial charge in [0.2, 0.25) is 5.78 Å². The van der Waals surface area contributed by atoms with Crippen molar-refractivity contribution < 1.29 is 14.3 Å². The van der Waals surface area contributed by atoms with E-state index in [-0.39, 0.29) is 5.78 Å². The van der Waals surface area contributed by atoms with Gasteiger partial charge in [-0.15, -0.1) is 0 Å². The summed E-state index contributed by atoms with van der Waals surface area (Å²) < 4.78 is 12.6. The fourth-order valence-electron chi connectivity index (χ4n) is 2.06. The van der Waals surface area contributed by atoms with E-state index in [2.05, 4.69) is 21.0 Å². The number of halogens is 1. The molecule has 1 aromatic heterocycles. The van der Waals surface area contributed by atoms with E-state index in [1.54, 1.807) is 31.2 Å². The SMILES string of the molecule is COCCn1ncc(Br)c1C(=O)c1cc(C)ccc1OC.